The topological polar surface area (TPSA) is 79.8 Å². The van der Waals surface area contributed by atoms with Crippen LogP contribution in [0.15, 0.2) is 27.9 Å². The smallest absolute Gasteiger partial charge is 0.338 e. The first-order chi connectivity index (χ1) is 10.9. The third-order valence-electron chi connectivity index (χ3n) is 3.36. The molecule has 1 aromatic rings. The molecule has 0 bridgehead atoms. The second kappa shape index (κ2) is 7.18. The summed E-state index contributed by atoms with van der Waals surface area (Å²) in [7, 11) is 1.46. The summed E-state index contributed by atoms with van der Waals surface area (Å²) in [6.45, 7) is 3.72. The molecule has 0 aliphatic carbocycles. The van der Waals surface area contributed by atoms with Crippen molar-refractivity contribution in [3.63, 3.8) is 0 Å². The maximum absolute atomic E-state index is 12.3. The number of phenols is 1. The van der Waals surface area contributed by atoms with Crippen LogP contribution in [0.2, 0.25) is 0 Å². The molecular formula is C15H17BrN2O4S. The summed E-state index contributed by atoms with van der Waals surface area (Å²) < 4.78 is 11.0. The van der Waals surface area contributed by atoms with Crippen LogP contribution in [0, 0.1) is 0 Å². The van der Waals surface area contributed by atoms with Crippen LogP contribution < -0.4 is 15.4 Å². The van der Waals surface area contributed by atoms with E-state index in [1.165, 1.54) is 7.11 Å². The van der Waals surface area contributed by atoms with Crippen LogP contribution in [0.25, 0.3) is 0 Å². The van der Waals surface area contributed by atoms with Gasteiger partial charge in [-0.05, 0) is 38.2 Å². The van der Waals surface area contributed by atoms with E-state index >= 15 is 0 Å². The molecule has 6 nitrogen and oxygen atoms in total. The summed E-state index contributed by atoms with van der Waals surface area (Å²) in [6, 6.07) is 2.70. The lowest BCUT2D eigenvalue weighted by Gasteiger charge is -2.30. The molecule has 0 spiro atoms. The number of hydrogen-bond acceptors (Lipinski definition) is 5. The molecule has 23 heavy (non-hydrogen) atoms. The van der Waals surface area contributed by atoms with Gasteiger partial charge in [-0.25, -0.2) is 4.79 Å². The molecule has 0 aromatic heterocycles. The number of carbonyl (C=O) groups excluding carboxylic acids is 1. The Morgan fingerprint density at radius 1 is 1.48 bits per heavy atom. The largest absolute Gasteiger partial charge is 0.504 e. The molecule has 0 saturated carbocycles. The summed E-state index contributed by atoms with van der Waals surface area (Å²) in [5.41, 5.74) is 1.40. The lowest BCUT2D eigenvalue weighted by molar-refractivity contribution is -0.139. The molecule has 0 radical (unpaired) electrons. The molecule has 0 unspecified atom stereocenters. The number of hydrogen-bond donors (Lipinski definition) is 3. The van der Waals surface area contributed by atoms with E-state index in [0.717, 1.165) is 0 Å². The molecule has 1 aliphatic rings. The minimum absolute atomic E-state index is 0.0625. The third kappa shape index (κ3) is 3.59. The van der Waals surface area contributed by atoms with Crippen molar-refractivity contribution >= 4 is 39.2 Å². The molecule has 1 aromatic carbocycles. The van der Waals surface area contributed by atoms with E-state index in [1.54, 1.807) is 26.0 Å². The normalized spacial score (nSPS) is 17.4. The number of esters is 1. The maximum atomic E-state index is 12.3. The highest BCUT2D eigenvalue weighted by molar-refractivity contribution is 9.10. The molecule has 2 rings (SSSR count). The van der Waals surface area contributed by atoms with Crippen LogP contribution in [0.3, 0.4) is 0 Å². The first-order valence-electron chi connectivity index (χ1n) is 6.90. The number of phenolic OH excluding ortho intramolecular Hbond substituents is 1. The number of benzene rings is 1. The average molecular weight is 401 g/mol. The van der Waals surface area contributed by atoms with Crippen LogP contribution in [-0.4, -0.2) is 29.9 Å². The number of nitrogens with one attached hydrogen (secondary N) is 2. The fraction of sp³-hybridized carbons (Fsp3) is 0.333. The number of aromatic hydroxyl groups is 1. The predicted octanol–water partition coefficient (Wildman–Crippen LogP) is 2.52. The minimum atomic E-state index is -0.644. The summed E-state index contributed by atoms with van der Waals surface area (Å²) in [4.78, 5) is 12.3. The van der Waals surface area contributed by atoms with E-state index in [2.05, 4.69) is 26.6 Å². The molecule has 3 N–H and O–H groups in total. The Kier molecular flexibility index (Phi) is 5.48. The van der Waals surface area contributed by atoms with Crippen molar-refractivity contribution in [1.29, 1.82) is 0 Å². The second-order valence-electron chi connectivity index (χ2n) is 4.84. The van der Waals surface area contributed by atoms with Gasteiger partial charge in [0.05, 0.1) is 25.3 Å². The average Bonchev–Trinajstić information content (AvgIpc) is 2.48. The highest BCUT2D eigenvalue weighted by atomic mass is 79.9. The maximum Gasteiger partial charge on any atom is 0.338 e. The first-order valence-corrected chi connectivity index (χ1v) is 8.11. The van der Waals surface area contributed by atoms with Gasteiger partial charge in [-0.15, -0.1) is 0 Å². The predicted molar refractivity (Wildman–Crippen MR) is 93.3 cm³/mol. The van der Waals surface area contributed by atoms with Gasteiger partial charge in [0.2, 0.25) is 0 Å². The highest BCUT2D eigenvalue weighted by Crippen LogP contribution is 2.40. The summed E-state index contributed by atoms with van der Waals surface area (Å²) in [6.07, 6.45) is 0. The molecule has 1 atom stereocenters. The zero-order valence-electron chi connectivity index (χ0n) is 12.9. The van der Waals surface area contributed by atoms with Gasteiger partial charge in [0, 0.05) is 15.7 Å². The third-order valence-corrected chi connectivity index (χ3v) is 4.04. The Morgan fingerprint density at radius 3 is 2.78 bits per heavy atom. The number of rotatable bonds is 4. The first kappa shape index (κ1) is 17.6. The van der Waals surface area contributed by atoms with E-state index in [-0.39, 0.29) is 12.4 Å². The van der Waals surface area contributed by atoms with Gasteiger partial charge in [0.15, 0.2) is 16.6 Å². The van der Waals surface area contributed by atoms with Crippen molar-refractivity contribution in [3.05, 3.63) is 33.4 Å². The van der Waals surface area contributed by atoms with Gasteiger partial charge in [-0.1, -0.05) is 15.9 Å². The molecular weight excluding hydrogens is 384 g/mol. The Bertz CT molecular complexity index is 690. The van der Waals surface area contributed by atoms with Gasteiger partial charge < -0.3 is 25.2 Å². The van der Waals surface area contributed by atoms with Crippen LogP contribution in [0.1, 0.15) is 25.5 Å². The zero-order chi connectivity index (χ0) is 17.1. The van der Waals surface area contributed by atoms with E-state index < -0.39 is 12.0 Å². The highest BCUT2D eigenvalue weighted by Gasteiger charge is 2.33. The van der Waals surface area contributed by atoms with Crippen molar-refractivity contribution in [1.82, 2.24) is 10.6 Å². The van der Waals surface area contributed by atoms with Crippen molar-refractivity contribution in [3.8, 4) is 11.5 Å². The molecule has 0 saturated heterocycles. The summed E-state index contributed by atoms with van der Waals surface area (Å²) >= 11 is 8.54. The van der Waals surface area contributed by atoms with Crippen LogP contribution >= 0.6 is 28.1 Å². The molecule has 1 aliphatic heterocycles. The SMILES string of the molecule is CCOC(=O)C1=C(C)NC(=S)N[C@@H]1c1cc(Br)cc(OC)c1O. The molecule has 8 heteroatoms. The Labute approximate surface area is 148 Å². The number of thiocarbonyl (C=S) groups is 1. The van der Waals surface area contributed by atoms with E-state index in [4.69, 9.17) is 21.7 Å². The number of carbonyl (C=O) groups is 1. The van der Waals surface area contributed by atoms with Crippen LogP contribution in [0.4, 0.5) is 0 Å². The quantitative estimate of drug-likeness (QED) is 0.529. The Balaban J connectivity index is 2.59. The minimum Gasteiger partial charge on any atom is -0.504 e. The molecule has 0 fully saturated rings. The molecule has 0 amide bonds. The monoisotopic (exact) mass is 400 g/mol. The van der Waals surface area contributed by atoms with Crippen LogP contribution in [0.5, 0.6) is 11.5 Å². The fourth-order valence-corrected chi connectivity index (χ4v) is 3.10. The van der Waals surface area contributed by atoms with Gasteiger partial charge in [0.1, 0.15) is 0 Å². The fourth-order valence-electron chi connectivity index (χ4n) is 2.38. The number of allylic oxidation sites excluding steroid dienone is 1. The van der Waals surface area contributed by atoms with Gasteiger partial charge in [-0.2, -0.15) is 0 Å². The summed E-state index contributed by atoms with van der Waals surface area (Å²) in [5.74, 6) is -0.246. The lowest BCUT2D eigenvalue weighted by Crippen LogP contribution is -2.45. The van der Waals surface area contributed by atoms with E-state index in [1.807, 2.05) is 0 Å². The molecule has 1 heterocycles. The van der Waals surface area contributed by atoms with Crippen LogP contribution in [-0.2, 0) is 9.53 Å². The van der Waals surface area contributed by atoms with Crippen molar-refractivity contribution < 1.29 is 19.4 Å². The Hall–Kier alpha value is -1.80. The number of methoxy groups -OCH3 is 1. The Morgan fingerprint density at radius 2 is 2.17 bits per heavy atom. The standard InChI is InChI=1S/C15H17BrN2O4S/c1-4-22-14(20)11-7(2)17-15(23)18-12(11)9-5-8(16)6-10(21-3)13(9)19/h5-6,12,19H,4H2,1-3H3,(H2,17,18,23)/t12-/m1/s1. The van der Waals surface area contributed by atoms with Gasteiger partial charge >= 0.3 is 5.97 Å². The lowest BCUT2D eigenvalue weighted by atomic mass is 9.94. The van der Waals surface area contributed by atoms with Gasteiger partial charge in [0.25, 0.3) is 0 Å². The number of halogens is 1. The zero-order valence-corrected chi connectivity index (χ0v) is 15.3. The summed E-state index contributed by atoms with van der Waals surface area (Å²) in [5, 5.41) is 16.7. The molecule has 124 valence electrons. The van der Waals surface area contributed by atoms with E-state index in [0.29, 0.717) is 32.2 Å². The van der Waals surface area contributed by atoms with Gasteiger partial charge in [-0.3, -0.25) is 0 Å². The van der Waals surface area contributed by atoms with Crippen molar-refractivity contribution in [2.45, 2.75) is 19.9 Å². The second-order valence-corrected chi connectivity index (χ2v) is 6.16. The van der Waals surface area contributed by atoms with Crippen molar-refractivity contribution in [2.75, 3.05) is 13.7 Å². The van der Waals surface area contributed by atoms with Crippen molar-refractivity contribution in [2.24, 2.45) is 0 Å². The number of ether oxygens (including phenoxy) is 2. The van der Waals surface area contributed by atoms with E-state index in [9.17, 15) is 9.90 Å².